The Morgan fingerprint density at radius 3 is 2.44 bits per heavy atom. The van der Waals surface area contributed by atoms with Gasteiger partial charge in [0.05, 0.1) is 6.54 Å². The molecule has 2 N–H and O–H groups in total. The summed E-state index contributed by atoms with van der Waals surface area (Å²) >= 11 is 0. The topological polar surface area (TPSA) is 95.6 Å². The Morgan fingerprint density at radius 2 is 1.75 bits per heavy atom. The first-order valence-electron chi connectivity index (χ1n) is 10.8. The largest absolute Gasteiger partial charge is 0.326 e. The van der Waals surface area contributed by atoms with E-state index in [1.165, 1.54) is 0 Å². The van der Waals surface area contributed by atoms with Crippen LogP contribution in [0.4, 0.5) is 10.5 Å². The van der Waals surface area contributed by atoms with Crippen LogP contribution in [0.3, 0.4) is 0 Å². The number of imide groups is 1. The highest BCUT2D eigenvalue weighted by Crippen LogP contribution is 2.39. The summed E-state index contributed by atoms with van der Waals surface area (Å²) in [5, 5.41) is 5.67. The minimum Gasteiger partial charge on any atom is -0.326 e. The van der Waals surface area contributed by atoms with Crippen LogP contribution in [-0.4, -0.2) is 35.1 Å². The van der Waals surface area contributed by atoms with Gasteiger partial charge in [0.2, 0.25) is 5.91 Å². The number of nitrogens with zero attached hydrogens (tertiary/aromatic N) is 1. The molecule has 2 aliphatic rings. The number of fused-ring (bicyclic) bond motifs is 2. The van der Waals surface area contributed by atoms with E-state index in [-0.39, 0.29) is 24.1 Å². The Morgan fingerprint density at radius 1 is 1.06 bits per heavy atom. The van der Waals surface area contributed by atoms with Crippen molar-refractivity contribution >= 4 is 29.3 Å². The molecule has 7 nitrogen and oxygen atoms in total. The Kier molecular flexibility index (Phi) is 5.36. The lowest BCUT2D eigenvalue weighted by Crippen LogP contribution is -2.46. The average Bonchev–Trinajstić information content (AvgIpc) is 2.98. The molecule has 1 aliphatic heterocycles. The van der Waals surface area contributed by atoms with Gasteiger partial charge in [-0.15, -0.1) is 0 Å². The van der Waals surface area contributed by atoms with Gasteiger partial charge in [-0.25, -0.2) is 4.79 Å². The lowest BCUT2D eigenvalue weighted by molar-refractivity contribution is -0.131. The number of carbonyl (C=O) groups is 4. The fourth-order valence-corrected chi connectivity index (χ4v) is 4.25. The minimum atomic E-state index is -1.09. The standard InChI is InChI=1S/C25H27N3O4/c1-24(2,3)21(30)26-18-12-10-17(11-13-18)20(29)15-28-22(31)25(27-23(28)32)14-6-8-16-7-4-5-9-19(16)25/h4-5,7,9-13H,6,8,14-15H2,1-3H3,(H,26,30)(H,27,32). The fourth-order valence-electron chi connectivity index (χ4n) is 4.25. The molecule has 2 aromatic carbocycles. The lowest BCUT2D eigenvalue weighted by atomic mass is 9.76. The zero-order valence-corrected chi connectivity index (χ0v) is 18.5. The van der Waals surface area contributed by atoms with Crippen molar-refractivity contribution in [2.45, 2.75) is 45.6 Å². The van der Waals surface area contributed by atoms with Crippen LogP contribution in [0.1, 0.15) is 55.1 Å². The summed E-state index contributed by atoms with van der Waals surface area (Å²) in [5.41, 5.74) is 1.18. The zero-order valence-electron chi connectivity index (χ0n) is 18.5. The second-order valence-electron chi connectivity index (χ2n) is 9.44. The molecule has 0 radical (unpaired) electrons. The number of Topliss-reactive ketones (excluding diaryl/α,β-unsaturated/α-hetero) is 1. The smallest absolute Gasteiger partial charge is 0.325 e. The molecule has 1 spiro atoms. The van der Waals surface area contributed by atoms with Gasteiger partial charge in [-0.2, -0.15) is 0 Å². The first-order chi connectivity index (χ1) is 15.1. The van der Waals surface area contributed by atoms with Gasteiger partial charge in [0, 0.05) is 16.7 Å². The monoisotopic (exact) mass is 433 g/mol. The Balaban J connectivity index is 1.49. The zero-order chi connectivity index (χ0) is 23.1. The van der Waals surface area contributed by atoms with E-state index in [4.69, 9.17) is 0 Å². The number of benzene rings is 2. The predicted molar refractivity (Wildman–Crippen MR) is 120 cm³/mol. The summed E-state index contributed by atoms with van der Waals surface area (Å²) in [6.45, 7) is 5.11. The van der Waals surface area contributed by atoms with E-state index in [2.05, 4.69) is 10.6 Å². The molecule has 0 saturated carbocycles. The summed E-state index contributed by atoms with van der Waals surface area (Å²) in [6, 6.07) is 13.5. The third kappa shape index (κ3) is 3.79. The maximum absolute atomic E-state index is 13.3. The van der Waals surface area contributed by atoms with Crippen molar-refractivity contribution in [3.63, 3.8) is 0 Å². The summed E-state index contributed by atoms with van der Waals surface area (Å²) in [5.74, 6) is -0.852. The van der Waals surface area contributed by atoms with Gasteiger partial charge in [-0.1, -0.05) is 45.0 Å². The molecule has 1 atom stereocenters. The number of hydrogen-bond donors (Lipinski definition) is 2. The van der Waals surface area contributed by atoms with Crippen molar-refractivity contribution in [1.82, 2.24) is 10.2 Å². The Labute approximate surface area is 187 Å². The summed E-state index contributed by atoms with van der Waals surface area (Å²) in [6.07, 6.45) is 2.16. The molecule has 0 aromatic heterocycles. The molecule has 32 heavy (non-hydrogen) atoms. The second-order valence-corrected chi connectivity index (χ2v) is 9.44. The number of aryl methyl sites for hydroxylation is 1. The SMILES string of the molecule is CC(C)(C)C(=O)Nc1ccc(C(=O)CN2C(=O)NC3(CCCc4ccccc43)C2=O)cc1. The molecule has 7 heteroatoms. The molecule has 1 heterocycles. The molecule has 1 saturated heterocycles. The van der Waals surface area contributed by atoms with Crippen LogP contribution >= 0.6 is 0 Å². The van der Waals surface area contributed by atoms with Crippen LogP contribution in [0.2, 0.25) is 0 Å². The number of carbonyl (C=O) groups excluding carboxylic acids is 4. The molecular weight excluding hydrogens is 406 g/mol. The van der Waals surface area contributed by atoms with E-state index in [9.17, 15) is 19.2 Å². The van der Waals surface area contributed by atoms with Crippen LogP contribution in [0.25, 0.3) is 0 Å². The second kappa shape index (κ2) is 7.89. The number of nitrogens with one attached hydrogen (secondary N) is 2. The van der Waals surface area contributed by atoms with Crippen molar-refractivity contribution in [3.05, 3.63) is 65.2 Å². The molecule has 2 aromatic rings. The minimum absolute atomic E-state index is 0.131. The number of amides is 4. The summed E-state index contributed by atoms with van der Waals surface area (Å²) in [7, 11) is 0. The Hall–Kier alpha value is -3.48. The number of urea groups is 1. The molecule has 1 unspecified atom stereocenters. The van der Waals surface area contributed by atoms with Gasteiger partial charge in [0.1, 0.15) is 5.54 Å². The van der Waals surface area contributed by atoms with Gasteiger partial charge >= 0.3 is 6.03 Å². The first-order valence-corrected chi connectivity index (χ1v) is 10.8. The highest BCUT2D eigenvalue weighted by atomic mass is 16.2. The van der Waals surface area contributed by atoms with Crippen molar-refractivity contribution in [1.29, 1.82) is 0 Å². The molecular formula is C25H27N3O4. The van der Waals surface area contributed by atoms with Crippen LogP contribution in [-0.2, 0) is 21.5 Å². The quantitative estimate of drug-likeness (QED) is 0.568. The van der Waals surface area contributed by atoms with Gasteiger partial charge in [-0.05, 0) is 54.7 Å². The number of rotatable bonds is 4. The predicted octanol–water partition coefficient (Wildman–Crippen LogP) is 3.64. The van der Waals surface area contributed by atoms with Crippen LogP contribution in [0.15, 0.2) is 48.5 Å². The molecule has 1 aliphatic carbocycles. The number of anilines is 1. The normalized spacial score (nSPS) is 20.2. The molecule has 4 amide bonds. The van der Waals surface area contributed by atoms with Gasteiger partial charge in [-0.3, -0.25) is 19.3 Å². The van der Waals surface area contributed by atoms with Crippen molar-refractivity contribution in [2.75, 3.05) is 11.9 Å². The summed E-state index contributed by atoms with van der Waals surface area (Å²) in [4.78, 5) is 52.0. The van der Waals surface area contributed by atoms with Crippen molar-refractivity contribution < 1.29 is 19.2 Å². The van der Waals surface area contributed by atoms with E-state index in [0.717, 1.165) is 28.9 Å². The Bertz CT molecular complexity index is 1100. The summed E-state index contributed by atoms with van der Waals surface area (Å²) < 4.78 is 0. The van der Waals surface area contributed by atoms with E-state index in [0.29, 0.717) is 17.7 Å². The average molecular weight is 434 g/mol. The van der Waals surface area contributed by atoms with Crippen molar-refractivity contribution in [2.24, 2.45) is 5.41 Å². The first kappa shape index (κ1) is 21.7. The van der Waals surface area contributed by atoms with E-state index >= 15 is 0 Å². The van der Waals surface area contributed by atoms with Gasteiger partial charge in [0.15, 0.2) is 5.78 Å². The highest BCUT2D eigenvalue weighted by Gasteiger charge is 2.54. The molecule has 1 fully saturated rings. The highest BCUT2D eigenvalue weighted by molar-refractivity contribution is 6.11. The van der Waals surface area contributed by atoms with E-state index in [1.54, 1.807) is 24.3 Å². The number of ketones is 1. The lowest BCUT2D eigenvalue weighted by Gasteiger charge is -2.33. The van der Waals surface area contributed by atoms with Crippen LogP contribution in [0, 0.1) is 5.41 Å². The van der Waals surface area contributed by atoms with Crippen molar-refractivity contribution in [3.8, 4) is 0 Å². The van der Waals surface area contributed by atoms with E-state index in [1.807, 2.05) is 45.0 Å². The molecule has 166 valence electrons. The fraction of sp³-hybridized carbons (Fsp3) is 0.360. The number of hydrogen-bond acceptors (Lipinski definition) is 4. The third-order valence-electron chi connectivity index (χ3n) is 6.10. The van der Waals surface area contributed by atoms with Gasteiger partial charge < -0.3 is 10.6 Å². The van der Waals surface area contributed by atoms with Crippen LogP contribution in [0.5, 0.6) is 0 Å². The third-order valence-corrected chi connectivity index (χ3v) is 6.10. The maximum Gasteiger partial charge on any atom is 0.325 e. The molecule has 0 bridgehead atoms. The maximum atomic E-state index is 13.3. The van der Waals surface area contributed by atoms with E-state index < -0.39 is 17.0 Å². The molecule has 4 rings (SSSR count). The van der Waals surface area contributed by atoms with Gasteiger partial charge in [0.25, 0.3) is 5.91 Å². The van der Waals surface area contributed by atoms with Crippen LogP contribution < -0.4 is 10.6 Å².